The molecule has 0 saturated heterocycles. The topological polar surface area (TPSA) is 12.5 Å². The molecule has 0 N–H and O–H groups in total. The van der Waals surface area contributed by atoms with Gasteiger partial charge in [-0.3, -0.25) is 4.84 Å². The van der Waals surface area contributed by atoms with Gasteiger partial charge in [-0.15, -0.1) is 0 Å². The number of hydrogen-bond donors (Lipinski definition) is 0. The van der Waals surface area contributed by atoms with Crippen LogP contribution in [0.15, 0.2) is 0 Å². The minimum absolute atomic E-state index is 0.121. The second-order valence-electron chi connectivity index (χ2n) is 3.09. The predicted molar refractivity (Wildman–Crippen MR) is 39.1 cm³/mol. The van der Waals surface area contributed by atoms with Crippen molar-refractivity contribution in [3.63, 3.8) is 0 Å². The van der Waals surface area contributed by atoms with Gasteiger partial charge in [-0.05, 0) is 27.7 Å². The van der Waals surface area contributed by atoms with Crippen LogP contribution in [0.5, 0.6) is 0 Å². The van der Waals surface area contributed by atoms with Crippen LogP contribution >= 0.6 is 0 Å². The summed E-state index contributed by atoms with van der Waals surface area (Å²) in [5.41, 5.74) is 0.121. The molecule has 0 aromatic rings. The highest BCUT2D eigenvalue weighted by atomic mass is 16.7. The fourth-order valence-corrected chi connectivity index (χ4v) is 0.387. The molecule has 0 heterocycles. The molecule has 0 atom stereocenters. The summed E-state index contributed by atoms with van der Waals surface area (Å²) in [5.74, 6) is 0. The Morgan fingerprint density at radius 2 is 1.78 bits per heavy atom. The smallest absolute Gasteiger partial charge is 0.0657 e. The number of nitrogens with zero attached hydrogens (tertiary/aromatic N) is 1. The minimum Gasteiger partial charge on any atom is -0.299 e. The van der Waals surface area contributed by atoms with Crippen LogP contribution in [0.1, 0.15) is 27.7 Å². The molecule has 0 aromatic carbocycles. The second kappa shape index (κ2) is 3.18. The third-order valence-corrected chi connectivity index (χ3v) is 1.27. The van der Waals surface area contributed by atoms with Crippen molar-refractivity contribution in [2.75, 3.05) is 13.7 Å². The molecule has 0 aromatic heterocycles. The van der Waals surface area contributed by atoms with Gasteiger partial charge < -0.3 is 0 Å². The summed E-state index contributed by atoms with van der Waals surface area (Å²) in [6, 6.07) is 0. The molecule has 56 valence electrons. The first kappa shape index (κ1) is 8.92. The minimum atomic E-state index is 0.121. The first-order valence-electron chi connectivity index (χ1n) is 3.35. The Morgan fingerprint density at radius 1 is 1.33 bits per heavy atom. The average Bonchev–Trinajstić information content (AvgIpc) is 1.64. The zero-order valence-corrected chi connectivity index (χ0v) is 7.06. The molecule has 0 unspecified atom stereocenters. The van der Waals surface area contributed by atoms with Gasteiger partial charge in [0.25, 0.3) is 0 Å². The van der Waals surface area contributed by atoms with Crippen LogP contribution in [-0.2, 0) is 4.84 Å². The third-order valence-electron chi connectivity index (χ3n) is 1.27. The highest BCUT2D eigenvalue weighted by Gasteiger charge is 2.16. The van der Waals surface area contributed by atoms with E-state index in [-0.39, 0.29) is 5.54 Å². The molecular formula is C7H17NO. The van der Waals surface area contributed by atoms with Gasteiger partial charge in [0.05, 0.1) is 6.61 Å². The third kappa shape index (κ3) is 3.49. The molecule has 0 aliphatic heterocycles. The van der Waals surface area contributed by atoms with Crippen LogP contribution in [0, 0.1) is 0 Å². The van der Waals surface area contributed by atoms with Gasteiger partial charge in [0.15, 0.2) is 0 Å². The molecule has 0 saturated carbocycles. The quantitative estimate of drug-likeness (QED) is 0.528. The maximum absolute atomic E-state index is 5.24. The number of hydrogen-bond acceptors (Lipinski definition) is 2. The van der Waals surface area contributed by atoms with Crippen molar-refractivity contribution in [1.82, 2.24) is 5.06 Å². The first-order chi connectivity index (χ1) is 3.98. The van der Waals surface area contributed by atoms with E-state index in [0.717, 1.165) is 6.61 Å². The Morgan fingerprint density at radius 3 is 1.89 bits per heavy atom. The Kier molecular flexibility index (Phi) is 3.15. The van der Waals surface area contributed by atoms with E-state index in [1.807, 2.05) is 19.0 Å². The zero-order chi connectivity index (χ0) is 7.49. The lowest BCUT2D eigenvalue weighted by Crippen LogP contribution is -2.37. The summed E-state index contributed by atoms with van der Waals surface area (Å²) in [6.45, 7) is 9.07. The van der Waals surface area contributed by atoms with Crippen molar-refractivity contribution in [2.24, 2.45) is 0 Å². The van der Waals surface area contributed by atoms with E-state index in [1.54, 1.807) is 0 Å². The van der Waals surface area contributed by atoms with E-state index >= 15 is 0 Å². The summed E-state index contributed by atoms with van der Waals surface area (Å²) < 4.78 is 0. The van der Waals surface area contributed by atoms with Crippen molar-refractivity contribution in [3.8, 4) is 0 Å². The van der Waals surface area contributed by atoms with Crippen molar-refractivity contribution in [3.05, 3.63) is 0 Å². The lowest BCUT2D eigenvalue weighted by Gasteiger charge is -2.30. The molecule has 0 bridgehead atoms. The van der Waals surface area contributed by atoms with Crippen LogP contribution in [0.25, 0.3) is 0 Å². The van der Waals surface area contributed by atoms with Gasteiger partial charge in [-0.25, -0.2) is 0 Å². The molecule has 2 nitrogen and oxygen atoms in total. The largest absolute Gasteiger partial charge is 0.299 e. The summed E-state index contributed by atoms with van der Waals surface area (Å²) in [5, 5.41) is 1.87. The van der Waals surface area contributed by atoms with Crippen molar-refractivity contribution in [1.29, 1.82) is 0 Å². The molecule has 9 heavy (non-hydrogen) atoms. The summed E-state index contributed by atoms with van der Waals surface area (Å²) in [7, 11) is 1.95. The fourth-order valence-electron chi connectivity index (χ4n) is 0.387. The molecule has 0 aliphatic rings. The molecule has 0 amide bonds. The standard InChI is InChI=1S/C7H17NO/c1-6-9-8(5)7(2,3)4/h6H2,1-5H3. The van der Waals surface area contributed by atoms with E-state index in [0.29, 0.717) is 0 Å². The predicted octanol–water partition coefficient (Wildman–Crippen LogP) is 1.67. The maximum atomic E-state index is 5.24. The number of hydroxylamine groups is 2. The second-order valence-corrected chi connectivity index (χ2v) is 3.09. The lowest BCUT2D eigenvalue weighted by molar-refractivity contribution is -0.187. The van der Waals surface area contributed by atoms with Crippen LogP contribution in [-0.4, -0.2) is 24.3 Å². The highest BCUT2D eigenvalue weighted by Crippen LogP contribution is 2.09. The Bertz CT molecular complexity index is 75.5. The summed E-state index contributed by atoms with van der Waals surface area (Å²) in [4.78, 5) is 5.24. The van der Waals surface area contributed by atoms with Gasteiger partial charge in [0.1, 0.15) is 0 Å². The van der Waals surface area contributed by atoms with Gasteiger partial charge >= 0.3 is 0 Å². The van der Waals surface area contributed by atoms with Gasteiger partial charge in [-0.1, -0.05) is 0 Å². The molecule has 2 heteroatoms. The molecule has 0 aliphatic carbocycles. The molecule has 0 rings (SSSR count). The van der Waals surface area contributed by atoms with Crippen molar-refractivity contribution < 1.29 is 4.84 Å². The van der Waals surface area contributed by atoms with Crippen LogP contribution < -0.4 is 0 Å². The average molecular weight is 131 g/mol. The maximum Gasteiger partial charge on any atom is 0.0657 e. The van der Waals surface area contributed by atoms with E-state index in [1.165, 1.54) is 0 Å². The Labute approximate surface area is 57.8 Å². The van der Waals surface area contributed by atoms with Gasteiger partial charge in [0, 0.05) is 12.6 Å². The molecular weight excluding hydrogens is 114 g/mol. The molecule has 0 radical (unpaired) electrons. The zero-order valence-electron chi connectivity index (χ0n) is 7.06. The van der Waals surface area contributed by atoms with Crippen LogP contribution in [0.4, 0.5) is 0 Å². The first-order valence-corrected chi connectivity index (χ1v) is 3.35. The SMILES string of the molecule is CCON(C)C(C)(C)C. The molecule has 0 fully saturated rings. The van der Waals surface area contributed by atoms with Crippen LogP contribution in [0.3, 0.4) is 0 Å². The van der Waals surface area contributed by atoms with Crippen LogP contribution in [0.2, 0.25) is 0 Å². The summed E-state index contributed by atoms with van der Waals surface area (Å²) in [6.07, 6.45) is 0. The van der Waals surface area contributed by atoms with Gasteiger partial charge in [0.2, 0.25) is 0 Å². The summed E-state index contributed by atoms with van der Waals surface area (Å²) >= 11 is 0. The lowest BCUT2D eigenvalue weighted by atomic mass is 10.1. The Hall–Kier alpha value is -0.0800. The van der Waals surface area contributed by atoms with E-state index < -0.39 is 0 Å². The fraction of sp³-hybridized carbons (Fsp3) is 1.00. The normalized spacial score (nSPS) is 12.7. The van der Waals surface area contributed by atoms with Crippen molar-refractivity contribution in [2.45, 2.75) is 33.2 Å². The monoisotopic (exact) mass is 131 g/mol. The van der Waals surface area contributed by atoms with E-state index in [2.05, 4.69) is 20.8 Å². The van der Waals surface area contributed by atoms with E-state index in [4.69, 9.17) is 4.84 Å². The molecule has 0 spiro atoms. The number of rotatable bonds is 2. The Balaban J connectivity index is 3.59. The van der Waals surface area contributed by atoms with Crippen molar-refractivity contribution >= 4 is 0 Å². The van der Waals surface area contributed by atoms with E-state index in [9.17, 15) is 0 Å². The van der Waals surface area contributed by atoms with Gasteiger partial charge in [-0.2, -0.15) is 5.06 Å². The highest BCUT2D eigenvalue weighted by molar-refractivity contribution is 4.65.